The largest absolute Gasteiger partial charge is 0.323 e. The second-order valence-electron chi connectivity index (χ2n) is 2.20. The highest BCUT2D eigenvalue weighted by molar-refractivity contribution is 7.80. The van der Waals surface area contributed by atoms with E-state index in [4.69, 9.17) is 5.73 Å². The maximum Gasteiger partial charge on any atom is 0.0384 e. The minimum absolute atomic E-state index is 0. The molecule has 1 aromatic rings. The van der Waals surface area contributed by atoms with Crippen LogP contribution in [0, 0.1) is 0 Å². The van der Waals surface area contributed by atoms with Gasteiger partial charge in [0.15, 0.2) is 0 Å². The maximum absolute atomic E-state index is 5.72. The van der Waals surface area contributed by atoms with E-state index in [-0.39, 0.29) is 13.5 Å². The second kappa shape index (κ2) is 5.22. The fraction of sp³-hybridized carbons (Fsp3) is 0.333. The molecule has 2 heteroatoms. The summed E-state index contributed by atoms with van der Waals surface area (Å²) in [5, 5.41) is 0. The Kier molecular flexibility index (Phi) is 4.99. The highest BCUT2D eigenvalue weighted by Crippen LogP contribution is 2.09. The Balaban J connectivity index is 0.000001000. The minimum Gasteiger partial charge on any atom is -0.323 e. The molecule has 0 amide bonds. The van der Waals surface area contributed by atoms with Gasteiger partial charge in [0, 0.05) is 11.8 Å². The van der Waals surface area contributed by atoms with Crippen molar-refractivity contribution >= 4 is 12.6 Å². The molecular weight excluding hydrogens is 154 g/mol. The van der Waals surface area contributed by atoms with E-state index in [2.05, 4.69) is 12.6 Å². The Morgan fingerprint density at radius 1 is 1.27 bits per heavy atom. The molecule has 1 unspecified atom stereocenters. The number of benzene rings is 1. The third kappa shape index (κ3) is 2.95. The van der Waals surface area contributed by atoms with Gasteiger partial charge in [0.05, 0.1) is 0 Å². The first kappa shape index (κ1) is 10.5. The molecule has 1 atom stereocenters. The van der Waals surface area contributed by atoms with Gasteiger partial charge in [-0.25, -0.2) is 0 Å². The van der Waals surface area contributed by atoms with Crippen LogP contribution in [-0.2, 0) is 0 Å². The normalized spacial score (nSPS) is 11.8. The second-order valence-corrected chi connectivity index (χ2v) is 2.56. The summed E-state index contributed by atoms with van der Waals surface area (Å²) in [5.41, 5.74) is 6.87. The molecule has 0 saturated carbocycles. The van der Waals surface area contributed by atoms with Crippen LogP contribution < -0.4 is 5.73 Å². The van der Waals surface area contributed by atoms with Gasteiger partial charge in [0.1, 0.15) is 0 Å². The Bertz CT molecular complexity index is 186. The highest BCUT2D eigenvalue weighted by Gasteiger charge is 1.99. The van der Waals surface area contributed by atoms with Crippen molar-refractivity contribution in [3.05, 3.63) is 35.9 Å². The lowest BCUT2D eigenvalue weighted by Crippen LogP contribution is -2.10. The van der Waals surface area contributed by atoms with Crippen molar-refractivity contribution in [3.63, 3.8) is 0 Å². The summed E-state index contributed by atoms with van der Waals surface area (Å²) < 4.78 is 0. The summed E-state index contributed by atoms with van der Waals surface area (Å²) in [7, 11) is 0. The molecule has 0 aliphatic rings. The Labute approximate surface area is 74.0 Å². The maximum atomic E-state index is 5.72. The Morgan fingerprint density at radius 2 is 1.82 bits per heavy atom. The number of hydrogen-bond acceptors (Lipinski definition) is 2. The molecule has 2 N–H and O–H groups in total. The van der Waals surface area contributed by atoms with Crippen LogP contribution in [0.1, 0.15) is 19.0 Å². The van der Waals surface area contributed by atoms with E-state index in [1.54, 1.807) is 0 Å². The van der Waals surface area contributed by atoms with Gasteiger partial charge in [0.2, 0.25) is 0 Å². The van der Waals surface area contributed by atoms with Crippen LogP contribution >= 0.6 is 12.6 Å². The quantitative estimate of drug-likeness (QED) is 0.652. The molecule has 0 aliphatic heterocycles. The van der Waals surface area contributed by atoms with Gasteiger partial charge in [-0.15, -0.1) is 0 Å². The lowest BCUT2D eigenvalue weighted by Gasteiger charge is -2.06. The number of nitrogens with two attached hydrogens (primary N) is 1. The summed E-state index contributed by atoms with van der Waals surface area (Å²) in [6.07, 6.45) is 0. The lowest BCUT2D eigenvalue weighted by atomic mass is 10.1. The lowest BCUT2D eigenvalue weighted by molar-refractivity contribution is 0.834. The first-order valence-electron chi connectivity index (χ1n) is 3.26. The predicted molar refractivity (Wildman–Crippen MR) is 54.0 cm³/mol. The van der Waals surface area contributed by atoms with Crippen LogP contribution in [0.3, 0.4) is 0 Å². The van der Waals surface area contributed by atoms with Crippen molar-refractivity contribution < 1.29 is 0 Å². The van der Waals surface area contributed by atoms with Crippen LogP contribution in [0.5, 0.6) is 0 Å². The first-order chi connectivity index (χ1) is 4.84. The standard InChI is InChI=1S/C8H11NS.CH4/c9-8(6-10)7-4-2-1-3-5-7;/h1-5,8,10H,6,9H2;1H4. The molecule has 62 valence electrons. The van der Waals surface area contributed by atoms with Gasteiger partial charge in [-0.3, -0.25) is 0 Å². The monoisotopic (exact) mass is 169 g/mol. The molecule has 1 rings (SSSR count). The average Bonchev–Trinajstić information content (AvgIpc) is 2.05. The molecule has 0 heterocycles. The molecule has 1 aromatic carbocycles. The molecule has 0 aromatic heterocycles. The summed E-state index contributed by atoms with van der Waals surface area (Å²) in [6, 6.07) is 10.1. The van der Waals surface area contributed by atoms with Gasteiger partial charge in [-0.1, -0.05) is 37.8 Å². The molecule has 0 fully saturated rings. The van der Waals surface area contributed by atoms with Crippen molar-refractivity contribution in [3.8, 4) is 0 Å². The van der Waals surface area contributed by atoms with E-state index in [9.17, 15) is 0 Å². The Hall–Kier alpha value is -0.470. The van der Waals surface area contributed by atoms with Gasteiger partial charge < -0.3 is 5.73 Å². The molecule has 0 saturated heterocycles. The molecule has 0 spiro atoms. The van der Waals surface area contributed by atoms with Crippen molar-refractivity contribution in [2.45, 2.75) is 13.5 Å². The number of rotatable bonds is 2. The fourth-order valence-corrected chi connectivity index (χ4v) is 1.02. The Morgan fingerprint density at radius 3 is 2.27 bits per heavy atom. The third-order valence-electron chi connectivity index (χ3n) is 1.42. The minimum atomic E-state index is 0. The van der Waals surface area contributed by atoms with Crippen LogP contribution in [0.25, 0.3) is 0 Å². The number of thiol groups is 1. The van der Waals surface area contributed by atoms with Crippen LogP contribution in [-0.4, -0.2) is 5.75 Å². The van der Waals surface area contributed by atoms with E-state index < -0.39 is 0 Å². The summed E-state index contributed by atoms with van der Waals surface area (Å²) in [4.78, 5) is 0. The summed E-state index contributed by atoms with van der Waals surface area (Å²) in [5.74, 6) is 0.698. The SMILES string of the molecule is C.NC(CS)c1ccccc1. The van der Waals surface area contributed by atoms with E-state index in [0.29, 0.717) is 5.75 Å². The zero-order chi connectivity index (χ0) is 7.40. The molecule has 0 bridgehead atoms. The van der Waals surface area contributed by atoms with Crippen LogP contribution in [0.15, 0.2) is 30.3 Å². The van der Waals surface area contributed by atoms with E-state index in [1.807, 2.05) is 30.3 Å². The topological polar surface area (TPSA) is 26.0 Å². The van der Waals surface area contributed by atoms with Gasteiger partial charge >= 0.3 is 0 Å². The smallest absolute Gasteiger partial charge is 0.0384 e. The van der Waals surface area contributed by atoms with Crippen molar-refractivity contribution in [2.75, 3.05) is 5.75 Å². The van der Waals surface area contributed by atoms with Crippen molar-refractivity contribution in [2.24, 2.45) is 5.73 Å². The first-order valence-corrected chi connectivity index (χ1v) is 3.89. The van der Waals surface area contributed by atoms with Crippen molar-refractivity contribution in [1.82, 2.24) is 0 Å². The molecule has 0 radical (unpaired) electrons. The fourth-order valence-electron chi connectivity index (χ4n) is 0.806. The molecule has 11 heavy (non-hydrogen) atoms. The molecule has 1 nitrogen and oxygen atoms in total. The van der Waals surface area contributed by atoms with E-state index in [0.717, 1.165) is 5.56 Å². The van der Waals surface area contributed by atoms with E-state index >= 15 is 0 Å². The number of hydrogen-bond donors (Lipinski definition) is 2. The van der Waals surface area contributed by atoms with E-state index in [1.165, 1.54) is 0 Å². The molecule has 0 aliphatic carbocycles. The zero-order valence-electron chi connectivity index (χ0n) is 5.70. The zero-order valence-corrected chi connectivity index (χ0v) is 6.59. The van der Waals surface area contributed by atoms with Gasteiger partial charge in [-0.2, -0.15) is 12.6 Å². The van der Waals surface area contributed by atoms with Crippen LogP contribution in [0.2, 0.25) is 0 Å². The highest BCUT2D eigenvalue weighted by atomic mass is 32.1. The third-order valence-corrected chi connectivity index (χ3v) is 1.82. The predicted octanol–water partition coefficient (Wildman–Crippen LogP) is 2.25. The van der Waals surface area contributed by atoms with Crippen LogP contribution in [0.4, 0.5) is 0 Å². The average molecular weight is 169 g/mol. The summed E-state index contributed by atoms with van der Waals surface area (Å²) in [6.45, 7) is 0. The van der Waals surface area contributed by atoms with Crippen molar-refractivity contribution in [1.29, 1.82) is 0 Å². The summed E-state index contributed by atoms with van der Waals surface area (Å²) >= 11 is 4.10. The van der Waals surface area contributed by atoms with Gasteiger partial charge in [-0.05, 0) is 5.56 Å². The molecular formula is C9H15NS. The van der Waals surface area contributed by atoms with Gasteiger partial charge in [0.25, 0.3) is 0 Å².